The molecule has 14 rings (SSSR count). The van der Waals surface area contributed by atoms with Gasteiger partial charge < -0.3 is 19.1 Å². The summed E-state index contributed by atoms with van der Waals surface area (Å²) < 4.78 is 9.48. The van der Waals surface area contributed by atoms with Crippen LogP contribution in [0.25, 0.3) is 49.9 Å². The van der Waals surface area contributed by atoms with E-state index < -0.39 is 8.07 Å². The minimum absolute atomic E-state index is 0. The summed E-state index contributed by atoms with van der Waals surface area (Å²) in [5.41, 5.74) is 12.0. The Bertz CT molecular complexity index is 3840. The van der Waals surface area contributed by atoms with Crippen molar-refractivity contribution in [3.63, 3.8) is 0 Å². The van der Waals surface area contributed by atoms with Gasteiger partial charge in [0.25, 0.3) is 0 Å². The molecule has 0 saturated carbocycles. The number of hydrogen-bond acceptors (Lipinski definition) is 5. The minimum Gasteiger partial charge on any atom is -0.509 e. The van der Waals surface area contributed by atoms with E-state index >= 15 is 0 Å². The Hall–Kier alpha value is -7.41. The molecule has 5 nitrogen and oxygen atoms in total. The van der Waals surface area contributed by atoms with Crippen molar-refractivity contribution in [2.24, 2.45) is 0 Å². The Balaban J connectivity index is 0.00000504. The SMILES string of the molecule is CC(C)(C)c1ccnc(-n2c3[c-]c(Oc4[c-]c(N5[CH-]N(c6c(-c7ccccc7)cccc6-c6ccccc6)c6ccccc65)ccc4)cc4c3c3c(cccc32)[Si]42c3ccccc3Sc3ccccc32)c1.[Pt]. The molecule has 350 valence electrons. The zero-order valence-electron chi connectivity index (χ0n) is 39.7. The van der Waals surface area contributed by atoms with Crippen molar-refractivity contribution < 1.29 is 25.8 Å². The van der Waals surface area contributed by atoms with Crippen molar-refractivity contribution in [3.8, 4) is 39.6 Å². The van der Waals surface area contributed by atoms with Gasteiger partial charge in [-0.15, -0.1) is 53.3 Å². The van der Waals surface area contributed by atoms with Gasteiger partial charge in [-0.3, -0.25) is 0 Å². The molecule has 5 heterocycles. The van der Waals surface area contributed by atoms with Crippen molar-refractivity contribution in [1.29, 1.82) is 0 Å². The molecule has 9 aromatic carbocycles. The maximum atomic E-state index is 7.16. The zero-order valence-corrected chi connectivity index (χ0v) is 43.8. The fourth-order valence-electron chi connectivity index (χ4n) is 11.4. The Morgan fingerprint density at radius 3 is 1.82 bits per heavy atom. The molecule has 0 N–H and O–H groups in total. The summed E-state index contributed by atoms with van der Waals surface area (Å²) in [4.78, 5) is 12.3. The zero-order chi connectivity index (χ0) is 47.4. The first-order valence-electron chi connectivity index (χ1n) is 24.2. The van der Waals surface area contributed by atoms with Gasteiger partial charge in [0.15, 0.2) is 8.07 Å². The average molecular weight is 1140 g/mol. The van der Waals surface area contributed by atoms with E-state index in [0.29, 0.717) is 11.5 Å². The van der Waals surface area contributed by atoms with Crippen LogP contribution in [0, 0.1) is 18.8 Å². The third-order valence-electron chi connectivity index (χ3n) is 14.5. The van der Waals surface area contributed by atoms with E-state index in [1.54, 1.807) is 0 Å². The molecular formula is C64H45N4OPtSSi-3. The molecule has 0 unspecified atom stereocenters. The standard InChI is InChI=1S/C64H45N4OSSi.Pt/c1-64(2,3)44-35-36-65-60(37-44)68-52-29-18-34-58-61(52)62-53(68)39-47(40-59(62)71(58)56-32-14-12-30-54(56)70-55-31-13-15-33-57(55)71)69-46-24-16-23-45(38-46)66-41-67(51-28-11-10-27-50(51)66)63-48(42-19-6-4-7-20-42)25-17-26-49(63)43-21-8-5-9-22-43;/h4-37,40-41H,1-3H3;/q-3;. The van der Waals surface area contributed by atoms with Crippen LogP contribution in [0.2, 0.25) is 0 Å². The molecule has 72 heavy (non-hydrogen) atoms. The first kappa shape index (κ1) is 44.5. The van der Waals surface area contributed by atoms with Gasteiger partial charge in [0.05, 0.1) is 0 Å². The third kappa shape index (κ3) is 6.75. The van der Waals surface area contributed by atoms with Gasteiger partial charge in [-0.25, -0.2) is 4.98 Å². The molecule has 3 aliphatic heterocycles. The normalized spacial score (nSPS) is 13.9. The Labute approximate surface area is 439 Å². The molecule has 0 atom stereocenters. The molecule has 0 fully saturated rings. The Kier molecular flexibility index (Phi) is 10.6. The summed E-state index contributed by atoms with van der Waals surface area (Å²) in [5.74, 6) is 2.12. The maximum absolute atomic E-state index is 7.16. The summed E-state index contributed by atoms with van der Waals surface area (Å²) >= 11 is 1.89. The van der Waals surface area contributed by atoms with Crippen LogP contribution in [-0.4, -0.2) is 17.6 Å². The molecule has 1 spiro atoms. The van der Waals surface area contributed by atoms with Gasteiger partial charge in [-0.1, -0.05) is 178 Å². The van der Waals surface area contributed by atoms with Crippen LogP contribution >= 0.6 is 11.8 Å². The quantitative estimate of drug-likeness (QED) is 0.117. The number of fused-ring (bicyclic) bond motifs is 7. The number of ether oxygens (including phenoxy) is 1. The van der Waals surface area contributed by atoms with E-state index in [9.17, 15) is 0 Å². The molecule has 3 aliphatic rings. The summed E-state index contributed by atoms with van der Waals surface area (Å²) in [6.45, 7) is 8.97. The van der Waals surface area contributed by atoms with E-state index in [4.69, 9.17) is 9.72 Å². The Morgan fingerprint density at radius 2 is 1.14 bits per heavy atom. The average Bonchev–Trinajstić information content (AvgIpc) is 4.06. The minimum atomic E-state index is -2.88. The molecule has 8 heteroatoms. The van der Waals surface area contributed by atoms with Gasteiger partial charge in [0, 0.05) is 82.3 Å². The summed E-state index contributed by atoms with van der Waals surface area (Å²) in [7, 11) is -2.88. The monoisotopic (exact) mass is 1140 g/mol. The van der Waals surface area contributed by atoms with Crippen molar-refractivity contribution in [2.45, 2.75) is 36.0 Å². The van der Waals surface area contributed by atoms with E-state index in [0.717, 1.165) is 61.9 Å². The molecular weight excluding hydrogens is 1100 g/mol. The van der Waals surface area contributed by atoms with Crippen molar-refractivity contribution in [1.82, 2.24) is 9.55 Å². The van der Waals surface area contributed by atoms with Gasteiger partial charge in [0.2, 0.25) is 0 Å². The Morgan fingerprint density at radius 1 is 0.542 bits per heavy atom. The number of aromatic nitrogens is 2. The van der Waals surface area contributed by atoms with Gasteiger partial charge in [-0.05, 0) is 85.5 Å². The number of pyridine rings is 1. The fourth-order valence-corrected chi connectivity index (χ4v) is 18.8. The molecule has 0 bridgehead atoms. The molecule has 0 saturated heterocycles. The predicted octanol–water partition coefficient (Wildman–Crippen LogP) is 13.8. The summed E-state index contributed by atoms with van der Waals surface area (Å²) in [6.07, 6.45) is 1.95. The van der Waals surface area contributed by atoms with Gasteiger partial charge >= 0.3 is 0 Å². The molecule has 11 aromatic rings. The van der Waals surface area contributed by atoms with E-state index in [1.807, 2.05) is 24.0 Å². The molecule has 0 aliphatic carbocycles. The van der Waals surface area contributed by atoms with Crippen molar-refractivity contribution >= 4 is 85.1 Å². The molecule has 0 amide bonds. The number of hydrogen-bond donors (Lipinski definition) is 0. The van der Waals surface area contributed by atoms with Crippen molar-refractivity contribution in [2.75, 3.05) is 9.80 Å². The predicted molar refractivity (Wildman–Crippen MR) is 295 cm³/mol. The van der Waals surface area contributed by atoms with Crippen LogP contribution in [0.15, 0.2) is 222 Å². The van der Waals surface area contributed by atoms with Crippen LogP contribution in [0.4, 0.5) is 22.7 Å². The van der Waals surface area contributed by atoms with E-state index in [1.165, 1.54) is 46.9 Å². The number of anilines is 4. The summed E-state index contributed by atoms with van der Waals surface area (Å²) in [5, 5.41) is 8.07. The third-order valence-corrected chi connectivity index (χ3v) is 21.0. The fraction of sp³-hybridized carbons (Fsp3) is 0.0625. The number of nitrogens with zero attached hydrogens (tertiary/aromatic N) is 4. The second-order valence-corrected chi connectivity index (χ2v) is 24.3. The van der Waals surface area contributed by atoms with Crippen LogP contribution in [-0.2, 0) is 26.5 Å². The van der Waals surface area contributed by atoms with Gasteiger partial charge in [-0.2, -0.15) is 6.07 Å². The number of para-hydroxylation sites is 3. The molecule has 2 aromatic heterocycles. The van der Waals surface area contributed by atoms with Crippen LogP contribution in [0.3, 0.4) is 0 Å². The largest absolute Gasteiger partial charge is 0.509 e. The van der Waals surface area contributed by atoms with Crippen LogP contribution in [0.5, 0.6) is 11.5 Å². The number of benzene rings is 9. The van der Waals surface area contributed by atoms with Crippen LogP contribution in [0.1, 0.15) is 26.3 Å². The first-order chi connectivity index (χ1) is 34.8. The van der Waals surface area contributed by atoms with Crippen molar-refractivity contribution in [3.05, 3.63) is 237 Å². The topological polar surface area (TPSA) is 33.5 Å². The first-order valence-corrected chi connectivity index (χ1v) is 27.0. The second-order valence-electron chi connectivity index (χ2n) is 19.6. The van der Waals surface area contributed by atoms with Gasteiger partial charge in [0.1, 0.15) is 5.82 Å². The summed E-state index contributed by atoms with van der Waals surface area (Å²) in [6, 6.07) is 82.1. The van der Waals surface area contributed by atoms with E-state index in [2.05, 4.69) is 254 Å². The number of rotatable bonds is 7. The maximum Gasteiger partial charge on any atom is 0.158 e. The van der Waals surface area contributed by atoms with E-state index in [-0.39, 0.29) is 26.5 Å². The molecule has 0 radical (unpaired) electrons. The smallest absolute Gasteiger partial charge is 0.158 e. The van der Waals surface area contributed by atoms with Crippen LogP contribution < -0.4 is 35.3 Å². The second kappa shape index (κ2) is 17.1.